The molecule has 0 saturated carbocycles. The minimum absolute atomic E-state index is 0.0744. The van der Waals surface area contributed by atoms with Crippen molar-refractivity contribution < 1.29 is 13.2 Å². The number of hydrogen-bond donors (Lipinski definition) is 2. The molecule has 0 saturated heterocycles. The van der Waals surface area contributed by atoms with E-state index in [2.05, 4.69) is 4.72 Å². The normalized spacial score (nSPS) is 18.2. The van der Waals surface area contributed by atoms with Gasteiger partial charge in [0.1, 0.15) is 0 Å². The molecule has 3 N–H and O–H groups in total. The van der Waals surface area contributed by atoms with Crippen LogP contribution in [-0.4, -0.2) is 20.1 Å². The van der Waals surface area contributed by atoms with Crippen molar-refractivity contribution in [1.29, 1.82) is 0 Å². The quantitative estimate of drug-likeness (QED) is 0.859. The Kier molecular flexibility index (Phi) is 4.15. The van der Waals surface area contributed by atoms with E-state index < -0.39 is 15.9 Å². The van der Waals surface area contributed by atoms with Crippen molar-refractivity contribution >= 4 is 15.9 Å². The largest absolute Gasteiger partial charge is 0.366 e. The van der Waals surface area contributed by atoms with Crippen molar-refractivity contribution in [3.63, 3.8) is 0 Å². The van der Waals surface area contributed by atoms with Gasteiger partial charge >= 0.3 is 0 Å². The zero-order valence-corrected chi connectivity index (χ0v) is 12.5. The van der Waals surface area contributed by atoms with E-state index in [1.807, 2.05) is 19.9 Å². The summed E-state index contributed by atoms with van der Waals surface area (Å²) in [5.41, 5.74) is 7.58. The van der Waals surface area contributed by atoms with E-state index in [4.69, 9.17) is 5.73 Å². The summed E-state index contributed by atoms with van der Waals surface area (Å²) < 4.78 is 26.8. The molecule has 1 atom stereocenters. The topological polar surface area (TPSA) is 89.3 Å². The van der Waals surface area contributed by atoms with E-state index >= 15 is 0 Å². The summed E-state index contributed by atoms with van der Waals surface area (Å²) >= 11 is 0. The Morgan fingerprint density at radius 1 is 1.45 bits per heavy atom. The Bertz CT molecular complexity index is 623. The van der Waals surface area contributed by atoms with Gasteiger partial charge in [0.2, 0.25) is 15.9 Å². The van der Waals surface area contributed by atoms with Crippen LogP contribution in [0.2, 0.25) is 0 Å². The molecule has 110 valence electrons. The third kappa shape index (κ3) is 3.19. The maximum atomic E-state index is 12.0. The molecule has 1 unspecified atom stereocenters. The Balaban J connectivity index is 2.25. The standard InChI is InChI=1S/C14H20N2O3S/c1-9(2)8-20(18,19)16-13-7-6-10-11(13)4-3-5-12(10)14(15)17/h3-5,9,13,16H,6-8H2,1-2H3,(H2,15,17). The molecule has 1 amide bonds. The van der Waals surface area contributed by atoms with Crippen LogP contribution >= 0.6 is 0 Å². The van der Waals surface area contributed by atoms with Crippen molar-refractivity contribution in [2.45, 2.75) is 32.7 Å². The second kappa shape index (κ2) is 5.54. The molecule has 0 radical (unpaired) electrons. The highest BCUT2D eigenvalue weighted by molar-refractivity contribution is 7.89. The maximum absolute atomic E-state index is 12.0. The molecule has 1 aliphatic rings. The highest BCUT2D eigenvalue weighted by Gasteiger charge is 2.29. The fourth-order valence-electron chi connectivity index (χ4n) is 2.71. The molecule has 1 aliphatic carbocycles. The summed E-state index contributed by atoms with van der Waals surface area (Å²) in [6, 6.07) is 5.03. The van der Waals surface area contributed by atoms with E-state index in [0.717, 1.165) is 11.1 Å². The number of carbonyl (C=O) groups is 1. The van der Waals surface area contributed by atoms with Gasteiger partial charge in [0, 0.05) is 11.6 Å². The Labute approximate surface area is 119 Å². The summed E-state index contributed by atoms with van der Waals surface area (Å²) in [5.74, 6) is -0.285. The second-order valence-corrected chi connectivity index (χ2v) is 7.42. The van der Waals surface area contributed by atoms with Crippen LogP contribution in [0.3, 0.4) is 0 Å². The van der Waals surface area contributed by atoms with E-state index in [1.165, 1.54) is 0 Å². The van der Waals surface area contributed by atoms with Gasteiger partial charge in [-0.3, -0.25) is 4.79 Å². The Morgan fingerprint density at radius 2 is 2.15 bits per heavy atom. The molecule has 2 rings (SSSR count). The van der Waals surface area contributed by atoms with E-state index in [-0.39, 0.29) is 17.7 Å². The number of hydrogen-bond acceptors (Lipinski definition) is 3. The first-order chi connectivity index (χ1) is 9.30. The van der Waals surface area contributed by atoms with Gasteiger partial charge in [-0.1, -0.05) is 26.0 Å². The average Bonchev–Trinajstić information content (AvgIpc) is 2.69. The van der Waals surface area contributed by atoms with Crippen LogP contribution < -0.4 is 10.5 Å². The van der Waals surface area contributed by atoms with Crippen molar-refractivity contribution in [2.24, 2.45) is 11.7 Å². The van der Waals surface area contributed by atoms with Crippen LogP contribution in [0.15, 0.2) is 18.2 Å². The lowest BCUT2D eigenvalue weighted by molar-refractivity contribution is 0.0999. The molecule has 20 heavy (non-hydrogen) atoms. The van der Waals surface area contributed by atoms with Crippen LogP contribution in [-0.2, 0) is 16.4 Å². The second-order valence-electron chi connectivity index (χ2n) is 5.62. The van der Waals surface area contributed by atoms with Crippen LogP contribution in [0.5, 0.6) is 0 Å². The summed E-state index contributed by atoms with van der Waals surface area (Å²) in [4.78, 5) is 11.4. The molecule has 0 aromatic heterocycles. The minimum Gasteiger partial charge on any atom is -0.366 e. The van der Waals surface area contributed by atoms with Crippen molar-refractivity contribution in [1.82, 2.24) is 4.72 Å². The molecular formula is C14H20N2O3S. The van der Waals surface area contributed by atoms with Gasteiger partial charge in [-0.2, -0.15) is 0 Å². The first-order valence-electron chi connectivity index (χ1n) is 6.72. The van der Waals surface area contributed by atoms with E-state index in [0.29, 0.717) is 18.4 Å². The molecule has 0 aliphatic heterocycles. The molecule has 0 spiro atoms. The van der Waals surface area contributed by atoms with Gasteiger partial charge in [-0.05, 0) is 36.0 Å². The summed E-state index contributed by atoms with van der Waals surface area (Å²) in [6.45, 7) is 3.74. The van der Waals surface area contributed by atoms with Gasteiger partial charge in [-0.15, -0.1) is 0 Å². The summed E-state index contributed by atoms with van der Waals surface area (Å²) in [5, 5.41) is 0. The molecule has 1 aromatic carbocycles. The van der Waals surface area contributed by atoms with Crippen molar-refractivity contribution in [2.75, 3.05) is 5.75 Å². The number of fused-ring (bicyclic) bond motifs is 1. The summed E-state index contributed by atoms with van der Waals surface area (Å²) in [6.07, 6.45) is 1.33. The van der Waals surface area contributed by atoms with E-state index in [1.54, 1.807) is 12.1 Å². The Morgan fingerprint density at radius 3 is 2.75 bits per heavy atom. The average molecular weight is 296 g/mol. The number of nitrogens with one attached hydrogen (secondary N) is 1. The molecule has 1 aromatic rings. The fourth-order valence-corrected chi connectivity index (χ4v) is 4.36. The molecular weight excluding hydrogens is 276 g/mol. The first-order valence-corrected chi connectivity index (χ1v) is 8.37. The lowest BCUT2D eigenvalue weighted by atomic mass is 10.0. The van der Waals surface area contributed by atoms with Crippen LogP contribution in [0.1, 0.15) is 47.8 Å². The number of rotatable bonds is 5. The first kappa shape index (κ1) is 15.0. The van der Waals surface area contributed by atoms with Gasteiger partial charge in [-0.25, -0.2) is 13.1 Å². The Hall–Kier alpha value is -1.40. The molecule has 6 heteroatoms. The lowest BCUT2D eigenvalue weighted by Crippen LogP contribution is -2.31. The van der Waals surface area contributed by atoms with Crippen LogP contribution in [0, 0.1) is 5.92 Å². The lowest BCUT2D eigenvalue weighted by Gasteiger charge is -2.16. The fraction of sp³-hybridized carbons (Fsp3) is 0.500. The predicted molar refractivity (Wildman–Crippen MR) is 77.8 cm³/mol. The van der Waals surface area contributed by atoms with Crippen LogP contribution in [0.25, 0.3) is 0 Å². The minimum atomic E-state index is -3.31. The molecule has 5 nitrogen and oxygen atoms in total. The number of nitrogens with two attached hydrogens (primary N) is 1. The number of sulfonamides is 1. The smallest absolute Gasteiger partial charge is 0.248 e. The zero-order valence-electron chi connectivity index (χ0n) is 11.7. The van der Waals surface area contributed by atoms with Gasteiger partial charge in [0.25, 0.3) is 0 Å². The molecule has 0 heterocycles. The number of benzene rings is 1. The van der Waals surface area contributed by atoms with Gasteiger partial charge < -0.3 is 5.73 Å². The number of carbonyl (C=O) groups excluding carboxylic acids is 1. The monoisotopic (exact) mass is 296 g/mol. The number of primary amides is 1. The molecule has 0 fully saturated rings. The van der Waals surface area contributed by atoms with E-state index in [9.17, 15) is 13.2 Å². The highest BCUT2D eigenvalue weighted by atomic mass is 32.2. The predicted octanol–water partition coefficient (Wildman–Crippen LogP) is 1.35. The van der Waals surface area contributed by atoms with Crippen LogP contribution in [0.4, 0.5) is 0 Å². The van der Waals surface area contributed by atoms with Gasteiger partial charge in [0.15, 0.2) is 0 Å². The van der Waals surface area contributed by atoms with Crippen molar-refractivity contribution in [3.8, 4) is 0 Å². The molecule has 0 bridgehead atoms. The highest BCUT2D eigenvalue weighted by Crippen LogP contribution is 2.33. The number of amides is 1. The summed E-state index contributed by atoms with van der Waals surface area (Å²) in [7, 11) is -3.31. The SMILES string of the molecule is CC(C)CS(=O)(=O)NC1CCc2c(C(N)=O)cccc21. The van der Waals surface area contributed by atoms with Crippen molar-refractivity contribution in [3.05, 3.63) is 34.9 Å². The third-order valence-corrected chi connectivity index (χ3v) is 5.16. The zero-order chi connectivity index (χ0) is 14.9. The van der Waals surface area contributed by atoms with Gasteiger partial charge in [0.05, 0.1) is 5.75 Å². The third-order valence-electron chi connectivity index (χ3n) is 3.41. The maximum Gasteiger partial charge on any atom is 0.248 e.